The van der Waals surface area contributed by atoms with Crippen molar-refractivity contribution in [2.24, 2.45) is 0 Å². The molecule has 0 radical (unpaired) electrons. The van der Waals surface area contributed by atoms with Crippen molar-refractivity contribution in [1.29, 1.82) is 0 Å². The summed E-state index contributed by atoms with van der Waals surface area (Å²) < 4.78 is 1.37. The van der Waals surface area contributed by atoms with E-state index in [9.17, 15) is 0 Å². The molecule has 0 saturated carbocycles. The molecule has 1 aliphatic rings. The van der Waals surface area contributed by atoms with Gasteiger partial charge in [-0.15, -0.1) is 0 Å². The van der Waals surface area contributed by atoms with Gasteiger partial charge < -0.3 is 21.5 Å². The van der Waals surface area contributed by atoms with E-state index in [1.807, 2.05) is 0 Å². The zero-order chi connectivity index (χ0) is 18.8. The summed E-state index contributed by atoms with van der Waals surface area (Å²) in [6.45, 7) is 6.63. The predicted octanol–water partition coefficient (Wildman–Crippen LogP) is 5.27. The van der Waals surface area contributed by atoms with Crippen LogP contribution in [0.3, 0.4) is 0 Å². The molecule has 1 fully saturated rings. The Kier molecular flexibility index (Phi) is 20.1. The Hall–Kier alpha value is 0.440. The molecule has 1 heterocycles. The molecule has 0 spiro atoms. The first kappa shape index (κ1) is 27.4. The molecule has 27 heavy (non-hydrogen) atoms. The van der Waals surface area contributed by atoms with Crippen LogP contribution >= 0.6 is 0 Å². The van der Waals surface area contributed by atoms with Crippen LogP contribution in [0.15, 0.2) is 0 Å². The molecule has 2 heteroatoms. The van der Waals surface area contributed by atoms with Gasteiger partial charge in [-0.25, -0.2) is 0 Å². The first-order chi connectivity index (χ1) is 12.8. The molecule has 1 aliphatic heterocycles. The largest absolute Gasteiger partial charge is 1.00 e. The van der Waals surface area contributed by atoms with Crippen molar-refractivity contribution >= 4 is 0 Å². The third kappa shape index (κ3) is 17.0. The number of rotatable bonds is 18. The van der Waals surface area contributed by atoms with Gasteiger partial charge in [-0.05, 0) is 32.1 Å². The molecule has 164 valence electrons. The SMILES string of the molecule is CCCCCCCCCCCCCCCCCCC[N+]1(C)CCCCC1.[Br-]. The number of hydrogen-bond donors (Lipinski definition) is 0. The standard InChI is InChI=1S/C25H52N.BrH/c1-3-4-5-6-7-8-9-10-11-12-13-14-15-16-17-18-20-23-26(2)24-21-19-22-25-26;/h3-25H2,1-2H3;1H/q+1;/p-1. The molecule has 0 unspecified atom stereocenters. The van der Waals surface area contributed by atoms with Crippen molar-refractivity contribution in [3.63, 3.8) is 0 Å². The van der Waals surface area contributed by atoms with Crippen LogP contribution < -0.4 is 17.0 Å². The van der Waals surface area contributed by atoms with E-state index in [0.717, 1.165) is 0 Å². The van der Waals surface area contributed by atoms with E-state index in [4.69, 9.17) is 0 Å². The van der Waals surface area contributed by atoms with Crippen LogP contribution in [0.25, 0.3) is 0 Å². The van der Waals surface area contributed by atoms with Gasteiger partial charge in [0.2, 0.25) is 0 Å². The lowest BCUT2D eigenvalue weighted by molar-refractivity contribution is -0.914. The maximum atomic E-state index is 2.49. The van der Waals surface area contributed by atoms with Crippen LogP contribution in [0.4, 0.5) is 0 Å². The number of piperidine rings is 1. The van der Waals surface area contributed by atoms with Gasteiger partial charge in [0, 0.05) is 0 Å². The lowest BCUT2D eigenvalue weighted by Gasteiger charge is -2.37. The number of quaternary nitrogens is 1. The average Bonchev–Trinajstić information content (AvgIpc) is 2.65. The van der Waals surface area contributed by atoms with Gasteiger partial charge in [-0.1, -0.05) is 103 Å². The monoisotopic (exact) mass is 445 g/mol. The summed E-state index contributed by atoms with van der Waals surface area (Å²) in [5.41, 5.74) is 0. The van der Waals surface area contributed by atoms with E-state index < -0.39 is 0 Å². The average molecular weight is 447 g/mol. The highest BCUT2D eigenvalue weighted by atomic mass is 79.9. The minimum absolute atomic E-state index is 0. The fourth-order valence-corrected chi connectivity index (χ4v) is 4.72. The molecule has 1 rings (SSSR count). The van der Waals surface area contributed by atoms with Gasteiger partial charge in [-0.2, -0.15) is 0 Å². The van der Waals surface area contributed by atoms with Crippen molar-refractivity contribution < 1.29 is 21.5 Å². The third-order valence-electron chi connectivity index (χ3n) is 6.70. The fourth-order valence-electron chi connectivity index (χ4n) is 4.72. The smallest absolute Gasteiger partial charge is 0.0784 e. The number of unbranched alkanes of at least 4 members (excludes halogenated alkanes) is 16. The molecule has 1 nitrogen and oxygen atoms in total. The summed E-state index contributed by atoms with van der Waals surface area (Å²) in [4.78, 5) is 0. The topological polar surface area (TPSA) is 0 Å². The van der Waals surface area contributed by atoms with Crippen molar-refractivity contribution in [3.8, 4) is 0 Å². The number of likely N-dealkylation sites (tertiary alicyclic amines) is 1. The van der Waals surface area contributed by atoms with Crippen molar-refractivity contribution in [3.05, 3.63) is 0 Å². The summed E-state index contributed by atoms with van der Waals surface area (Å²) in [6, 6.07) is 0. The third-order valence-corrected chi connectivity index (χ3v) is 6.70. The zero-order valence-corrected chi connectivity index (χ0v) is 20.7. The van der Waals surface area contributed by atoms with Gasteiger partial charge >= 0.3 is 0 Å². The lowest BCUT2D eigenvalue weighted by Crippen LogP contribution is -3.00. The fraction of sp³-hybridized carbons (Fsp3) is 1.00. The summed E-state index contributed by atoms with van der Waals surface area (Å²) >= 11 is 0. The Bertz CT molecular complexity index is 286. The summed E-state index contributed by atoms with van der Waals surface area (Å²) in [6.07, 6.45) is 29.5. The Morgan fingerprint density at radius 2 is 0.815 bits per heavy atom. The first-order valence-electron chi connectivity index (χ1n) is 12.6. The molecular formula is C25H52BrN. The Balaban J connectivity index is 0.00000676. The Morgan fingerprint density at radius 3 is 1.19 bits per heavy atom. The van der Waals surface area contributed by atoms with Gasteiger partial charge in [0.1, 0.15) is 0 Å². The highest BCUT2D eigenvalue weighted by Gasteiger charge is 2.23. The van der Waals surface area contributed by atoms with Gasteiger partial charge in [0.15, 0.2) is 0 Å². The van der Waals surface area contributed by atoms with E-state index in [1.165, 1.54) is 153 Å². The summed E-state index contributed by atoms with van der Waals surface area (Å²) in [7, 11) is 2.49. The van der Waals surface area contributed by atoms with E-state index in [0.29, 0.717) is 0 Å². The molecule has 0 aromatic rings. The van der Waals surface area contributed by atoms with Crippen LogP contribution in [-0.4, -0.2) is 31.2 Å². The molecule has 0 aliphatic carbocycles. The molecule has 0 aromatic carbocycles. The minimum Gasteiger partial charge on any atom is -1.00 e. The zero-order valence-electron chi connectivity index (χ0n) is 19.1. The number of halogens is 1. The van der Waals surface area contributed by atoms with E-state index in [-0.39, 0.29) is 17.0 Å². The highest BCUT2D eigenvalue weighted by Crippen LogP contribution is 2.18. The van der Waals surface area contributed by atoms with Gasteiger partial charge in [-0.3, -0.25) is 0 Å². The van der Waals surface area contributed by atoms with Crippen molar-refractivity contribution in [1.82, 2.24) is 0 Å². The van der Waals surface area contributed by atoms with Crippen molar-refractivity contribution in [2.75, 3.05) is 26.7 Å². The molecule has 0 amide bonds. The normalized spacial score (nSPS) is 16.2. The number of hydrogen-bond acceptors (Lipinski definition) is 0. The molecule has 0 atom stereocenters. The second kappa shape index (κ2) is 19.7. The van der Waals surface area contributed by atoms with Crippen LogP contribution in [0.5, 0.6) is 0 Å². The second-order valence-corrected chi connectivity index (χ2v) is 9.51. The van der Waals surface area contributed by atoms with E-state index >= 15 is 0 Å². The molecular weight excluding hydrogens is 394 g/mol. The van der Waals surface area contributed by atoms with Crippen LogP contribution in [-0.2, 0) is 0 Å². The Morgan fingerprint density at radius 1 is 0.481 bits per heavy atom. The number of nitrogens with zero attached hydrogens (tertiary/aromatic N) is 1. The first-order valence-corrected chi connectivity index (χ1v) is 12.6. The lowest BCUT2D eigenvalue weighted by atomic mass is 10.0. The molecule has 0 bridgehead atoms. The van der Waals surface area contributed by atoms with Crippen molar-refractivity contribution in [2.45, 2.75) is 135 Å². The van der Waals surface area contributed by atoms with E-state index in [1.54, 1.807) is 0 Å². The second-order valence-electron chi connectivity index (χ2n) is 9.51. The highest BCUT2D eigenvalue weighted by molar-refractivity contribution is 4.53. The maximum Gasteiger partial charge on any atom is 0.0784 e. The quantitative estimate of drug-likeness (QED) is 0.199. The van der Waals surface area contributed by atoms with Gasteiger partial charge in [0.05, 0.1) is 26.7 Å². The Labute approximate surface area is 183 Å². The molecule has 0 N–H and O–H groups in total. The maximum absolute atomic E-state index is 2.49. The van der Waals surface area contributed by atoms with Crippen LogP contribution in [0, 0.1) is 0 Å². The molecule has 0 aromatic heterocycles. The van der Waals surface area contributed by atoms with Crippen LogP contribution in [0.2, 0.25) is 0 Å². The predicted molar refractivity (Wildman–Crippen MR) is 119 cm³/mol. The minimum atomic E-state index is 0. The summed E-state index contributed by atoms with van der Waals surface area (Å²) in [5.74, 6) is 0. The van der Waals surface area contributed by atoms with Gasteiger partial charge in [0.25, 0.3) is 0 Å². The summed E-state index contributed by atoms with van der Waals surface area (Å²) in [5, 5.41) is 0. The van der Waals surface area contributed by atoms with E-state index in [2.05, 4.69) is 14.0 Å². The molecule has 1 saturated heterocycles. The van der Waals surface area contributed by atoms with Crippen LogP contribution in [0.1, 0.15) is 135 Å².